The summed E-state index contributed by atoms with van der Waals surface area (Å²) in [6, 6.07) is 43.7. The first kappa shape index (κ1) is 53.9. The highest BCUT2D eigenvalue weighted by atomic mass is 19.4. The fraction of sp³-hybridized carbons (Fsp3) is 0.265. The van der Waals surface area contributed by atoms with Crippen molar-refractivity contribution in [2.45, 2.75) is 117 Å². The maximum atomic E-state index is 14.5. The zero-order valence-electron chi connectivity index (χ0n) is 47.0. The molecule has 0 unspecified atom stereocenters. The van der Waals surface area contributed by atoms with E-state index in [4.69, 9.17) is 19.9 Å². The Morgan fingerprint density at radius 3 is 1.10 bits per heavy atom. The van der Waals surface area contributed by atoms with Crippen molar-refractivity contribution in [3.63, 3.8) is 0 Å². The van der Waals surface area contributed by atoms with Gasteiger partial charge in [0.25, 0.3) is 0 Å². The van der Waals surface area contributed by atoms with E-state index in [-0.39, 0.29) is 43.5 Å². The topological polar surface area (TPSA) is 61.4 Å². The van der Waals surface area contributed by atoms with Gasteiger partial charge in [-0.05, 0) is 141 Å². The van der Waals surface area contributed by atoms with Gasteiger partial charge in [0.1, 0.15) is 0 Å². The summed E-state index contributed by atoms with van der Waals surface area (Å²) in [6.07, 6.45) is -6.24. The average molecular weight is 1080 g/mol. The summed E-state index contributed by atoms with van der Waals surface area (Å²) in [5.74, 6) is 1.35. The second-order valence-electron chi connectivity index (χ2n) is 25.2. The minimum atomic E-state index is -4.76. The largest absolute Gasteiger partial charge is 0.416 e. The number of hydrogen-bond donors (Lipinski definition) is 0. The van der Waals surface area contributed by atoms with Crippen LogP contribution in [-0.2, 0) is 34.0 Å². The maximum Gasteiger partial charge on any atom is 0.416 e. The lowest BCUT2D eigenvalue weighted by Crippen LogP contribution is -2.17. The third-order valence-corrected chi connectivity index (χ3v) is 15.3. The van der Waals surface area contributed by atoms with Gasteiger partial charge in [0.05, 0.1) is 44.6 Å². The molecule has 0 aliphatic carbocycles. The fourth-order valence-corrected chi connectivity index (χ4v) is 10.7. The Morgan fingerprint density at radius 2 is 0.700 bits per heavy atom. The normalized spacial score (nSPS) is 13.1. The summed E-state index contributed by atoms with van der Waals surface area (Å²) in [5, 5.41) is 2.05. The van der Waals surface area contributed by atoms with Crippen LogP contribution in [0.15, 0.2) is 158 Å². The standard InChI is InChI=1S/C68H62F6N6/c1-63(2,3)44-29-40(30-45(34-44)64(4,5)6)61-76-60(77-62(78-61)41-31-46(65(7,8)9)35-47(32-41)66(10,11)12)39-21-24-56(79-54-19-15-13-17-48(54)49-18-14-16-20-55(49)79)50(33-39)53-38-75-28-27-59(53)80-57-25-22-42(67(69,70)71)36-51(57)52-37-43(68(72,73)74)23-26-58(52)80/h13-38H,1-12H3. The van der Waals surface area contributed by atoms with Crippen LogP contribution in [0.5, 0.6) is 0 Å². The Morgan fingerprint density at radius 1 is 0.325 bits per heavy atom. The van der Waals surface area contributed by atoms with E-state index >= 15 is 0 Å². The van der Waals surface area contributed by atoms with Crippen molar-refractivity contribution in [3.05, 3.63) is 191 Å². The third-order valence-electron chi connectivity index (χ3n) is 15.3. The molecule has 80 heavy (non-hydrogen) atoms. The van der Waals surface area contributed by atoms with Crippen molar-refractivity contribution in [2.24, 2.45) is 0 Å². The van der Waals surface area contributed by atoms with Gasteiger partial charge in [-0.2, -0.15) is 26.3 Å². The predicted molar refractivity (Wildman–Crippen MR) is 313 cm³/mol. The molecule has 0 atom stereocenters. The third kappa shape index (κ3) is 9.81. The molecular formula is C68H62F6N6. The SMILES string of the molecule is CC(C)(C)c1cc(-c2nc(-c3cc(C(C)(C)C)cc(C(C)(C)C)c3)nc(-c3ccc(-n4c5ccccc5c5ccccc54)c(-c4cnccc4-n4c5ccc(C(F)(F)F)cc5c5cc(C(F)(F)F)ccc54)c3)n2)cc(C(C)(C)C)c1. The van der Waals surface area contributed by atoms with Crippen LogP contribution in [0.3, 0.4) is 0 Å². The van der Waals surface area contributed by atoms with Gasteiger partial charge in [0.2, 0.25) is 0 Å². The molecule has 7 aromatic carbocycles. The summed E-state index contributed by atoms with van der Waals surface area (Å²) in [5.41, 5.74) is 8.76. The quantitative estimate of drug-likeness (QED) is 0.156. The molecule has 4 aromatic heterocycles. The highest BCUT2D eigenvalue weighted by Crippen LogP contribution is 2.45. The Kier molecular flexibility index (Phi) is 12.6. The van der Waals surface area contributed by atoms with Gasteiger partial charge in [-0.15, -0.1) is 0 Å². The highest BCUT2D eigenvalue weighted by molar-refractivity contribution is 6.12. The van der Waals surface area contributed by atoms with E-state index in [1.165, 1.54) is 12.1 Å². The van der Waals surface area contributed by atoms with Crippen LogP contribution in [0.25, 0.3) is 100 Å². The lowest BCUT2D eigenvalue weighted by atomic mass is 9.79. The molecule has 11 aromatic rings. The average Bonchev–Trinajstić information content (AvgIpc) is 4.14. The van der Waals surface area contributed by atoms with Gasteiger partial charge in [0, 0.05) is 61.8 Å². The Balaban J connectivity index is 1.24. The molecule has 0 saturated carbocycles. The van der Waals surface area contributed by atoms with E-state index in [0.717, 1.165) is 85.1 Å². The molecule has 0 saturated heterocycles. The van der Waals surface area contributed by atoms with Crippen LogP contribution in [0.1, 0.15) is 116 Å². The number of hydrogen-bond acceptors (Lipinski definition) is 4. The summed E-state index contributed by atoms with van der Waals surface area (Å²) >= 11 is 0. The first-order chi connectivity index (χ1) is 37.4. The molecule has 0 aliphatic heterocycles. The zero-order valence-corrected chi connectivity index (χ0v) is 47.0. The van der Waals surface area contributed by atoms with Crippen molar-refractivity contribution in [1.29, 1.82) is 0 Å². The van der Waals surface area contributed by atoms with Gasteiger partial charge in [0.15, 0.2) is 17.5 Å². The maximum absolute atomic E-state index is 14.5. The summed E-state index contributed by atoms with van der Waals surface area (Å²) < 4.78 is 90.7. The Labute approximate surface area is 462 Å². The minimum absolute atomic E-state index is 0.0144. The number of para-hydroxylation sites is 2. The molecule has 12 heteroatoms. The van der Waals surface area contributed by atoms with Crippen molar-refractivity contribution in [2.75, 3.05) is 0 Å². The Hall–Kier alpha value is -8.12. The molecule has 0 amide bonds. The molecule has 0 aliphatic rings. The molecule has 0 spiro atoms. The van der Waals surface area contributed by atoms with Crippen molar-refractivity contribution < 1.29 is 26.3 Å². The highest BCUT2D eigenvalue weighted by Gasteiger charge is 2.34. The number of pyridine rings is 1. The lowest BCUT2D eigenvalue weighted by molar-refractivity contribution is -0.138. The van der Waals surface area contributed by atoms with Crippen molar-refractivity contribution in [1.82, 2.24) is 29.1 Å². The molecule has 4 heterocycles. The predicted octanol–water partition coefficient (Wildman–Crippen LogP) is 19.4. The second-order valence-corrected chi connectivity index (χ2v) is 25.2. The molecule has 6 nitrogen and oxygen atoms in total. The number of rotatable bonds is 6. The van der Waals surface area contributed by atoms with E-state index in [9.17, 15) is 26.3 Å². The first-order valence-electron chi connectivity index (χ1n) is 26.8. The van der Waals surface area contributed by atoms with Crippen LogP contribution in [-0.4, -0.2) is 29.1 Å². The van der Waals surface area contributed by atoms with Crippen LogP contribution in [0.2, 0.25) is 0 Å². The van der Waals surface area contributed by atoms with Gasteiger partial charge < -0.3 is 9.13 Å². The second kappa shape index (κ2) is 18.7. The van der Waals surface area contributed by atoms with E-state index in [2.05, 4.69) is 148 Å². The van der Waals surface area contributed by atoms with E-state index in [1.54, 1.807) is 23.0 Å². The molecule has 0 fully saturated rings. The van der Waals surface area contributed by atoms with Crippen molar-refractivity contribution >= 4 is 43.6 Å². The van der Waals surface area contributed by atoms with Gasteiger partial charge in [-0.25, -0.2) is 15.0 Å². The number of nitrogens with zero attached hydrogens (tertiary/aromatic N) is 6. The van der Waals surface area contributed by atoms with Crippen LogP contribution < -0.4 is 0 Å². The van der Waals surface area contributed by atoms with Crippen LogP contribution in [0.4, 0.5) is 26.3 Å². The van der Waals surface area contributed by atoms with Gasteiger partial charge in [-0.1, -0.05) is 132 Å². The lowest BCUT2D eigenvalue weighted by Gasteiger charge is -2.26. The van der Waals surface area contributed by atoms with Gasteiger partial charge in [-0.3, -0.25) is 4.98 Å². The monoisotopic (exact) mass is 1080 g/mol. The number of alkyl halides is 6. The smallest absolute Gasteiger partial charge is 0.309 e. The van der Waals surface area contributed by atoms with Crippen LogP contribution >= 0.6 is 0 Å². The molecule has 0 radical (unpaired) electrons. The van der Waals surface area contributed by atoms with Crippen LogP contribution in [0, 0.1) is 0 Å². The summed E-state index contributed by atoms with van der Waals surface area (Å²) in [6.45, 7) is 26.3. The van der Waals surface area contributed by atoms with Gasteiger partial charge >= 0.3 is 12.4 Å². The molecule has 0 bridgehead atoms. The van der Waals surface area contributed by atoms with E-state index < -0.39 is 23.5 Å². The number of fused-ring (bicyclic) bond motifs is 6. The van der Waals surface area contributed by atoms with E-state index in [0.29, 0.717) is 39.9 Å². The zero-order chi connectivity index (χ0) is 57.2. The number of benzene rings is 7. The summed E-state index contributed by atoms with van der Waals surface area (Å²) in [4.78, 5) is 20.8. The fourth-order valence-electron chi connectivity index (χ4n) is 10.7. The first-order valence-corrected chi connectivity index (χ1v) is 26.8. The number of halogens is 6. The Bertz CT molecular complexity index is 3980. The molecule has 11 rings (SSSR count). The molecular weight excluding hydrogens is 1010 g/mol. The summed E-state index contributed by atoms with van der Waals surface area (Å²) in [7, 11) is 0. The number of aromatic nitrogens is 6. The molecule has 406 valence electrons. The minimum Gasteiger partial charge on any atom is -0.309 e. The van der Waals surface area contributed by atoms with Crippen molar-refractivity contribution in [3.8, 4) is 56.7 Å². The molecule has 0 N–H and O–H groups in total. The van der Waals surface area contributed by atoms with E-state index in [1.807, 2.05) is 42.5 Å².